The third-order valence-corrected chi connectivity index (χ3v) is 4.21. The van der Waals surface area contributed by atoms with Crippen LogP contribution in [-0.2, 0) is 4.79 Å². The Hall–Kier alpha value is -1.57. The van der Waals surface area contributed by atoms with Crippen LogP contribution in [-0.4, -0.2) is 28.0 Å². The maximum atomic E-state index is 11.7. The van der Waals surface area contributed by atoms with Gasteiger partial charge >= 0.3 is 0 Å². The zero-order valence-corrected chi connectivity index (χ0v) is 14.3. The van der Waals surface area contributed by atoms with Gasteiger partial charge in [0.1, 0.15) is 5.75 Å². The lowest BCUT2D eigenvalue weighted by Gasteiger charge is -2.03. The van der Waals surface area contributed by atoms with Gasteiger partial charge in [0.2, 0.25) is 5.91 Å². The number of nitrogens with zero attached hydrogens (tertiary/aromatic N) is 2. The van der Waals surface area contributed by atoms with Gasteiger partial charge in [-0.1, -0.05) is 29.4 Å². The van der Waals surface area contributed by atoms with E-state index in [1.54, 1.807) is 18.3 Å². The van der Waals surface area contributed by atoms with Crippen LogP contribution >= 0.6 is 39.3 Å². The number of hydrogen-bond donors (Lipinski definition) is 2. The molecule has 0 aliphatic heterocycles. The van der Waals surface area contributed by atoms with Gasteiger partial charge in [-0.05, 0) is 40.2 Å². The number of aromatic nitrogens is 1. The molecule has 0 unspecified atom stereocenters. The van der Waals surface area contributed by atoms with Gasteiger partial charge < -0.3 is 5.11 Å². The number of thioether (sulfide) groups is 1. The first-order valence-electron chi connectivity index (χ1n) is 6.10. The lowest BCUT2D eigenvalue weighted by molar-refractivity contribution is -0.118. The van der Waals surface area contributed by atoms with E-state index >= 15 is 0 Å². The number of hydrogen-bond acceptors (Lipinski definition) is 5. The summed E-state index contributed by atoms with van der Waals surface area (Å²) in [7, 11) is 0. The SMILES string of the molecule is O=C(CSc1ccccn1)N/N=C/c1cc(Cl)cc(Br)c1O. The average Bonchev–Trinajstić information content (AvgIpc) is 2.51. The Morgan fingerprint density at radius 2 is 2.32 bits per heavy atom. The molecular weight excluding hydrogens is 390 g/mol. The van der Waals surface area contributed by atoms with E-state index < -0.39 is 0 Å². The van der Waals surface area contributed by atoms with E-state index in [1.807, 2.05) is 18.2 Å². The highest BCUT2D eigenvalue weighted by Gasteiger charge is 2.06. The predicted molar refractivity (Wildman–Crippen MR) is 91.5 cm³/mol. The minimum atomic E-state index is -0.271. The molecular formula is C14H11BrClN3O2S. The molecule has 8 heteroatoms. The van der Waals surface area contributed by atoms with Crippen molar-refractivity contribution in [2.45, 2.75) is 5.03 Å². The minimum Gasteiger partial charge on any atom is -0.506 e. The van der Waals surface area contributed by atoms with Crippen LogP contribution in [0.5, 0.6) is 5.75 Å². The number of hydrazone groups is 1. The van der Waals surface area contributed by atoms with Gasteiger partial charge in [-0.2, -0.15) is 5.10 Å². The molecule has 5 nitrogen and oxygen atoms in total. The van der Waals surface area contributed by atoms with Crippen molar-refractivity contribution in [3.63, 3.8) is 0 Å². The van der Waals surface area contributed by atoms with Crippen LogP contribution in [0.15, 0.2) is 51.1 Å². The van der Waals surface area contributed by atoms with Crippen molar-refractivity contribution in [2.24, 2.45) is 5.10 Å². The number of pyridine rings is 1. The van der Waals surface area contributed by atoms with Gasteiger partial charge in [-0.15, -0.1) is 0 Å². The number of amides is 1. The van der Waals surface area contributed by atoms with Gasteiger partial charge in [0.15, 0.2) is 0 Å². The van der Waals surface area contributed by atoms with Crippen molar-refractivity contribution >= 4 is 51.4 Å². The number of nitrogens with one attached hydrogen (secondary N) is 1. The molecule has 22 heavy (non-hydrogen) atoms. The monoisotopic (exact) mass is 399 g/mol. The molecule has 0 atom stereocenters. The lowest BCUT2D eigenvalue weighted by Crippen LogP contribution is -2.19. The van der Waals surface area contributed by atoms with Crippen LogP contribution in [0.3, 0.4) is 0 Å². The number of benzene rings is 1. The second kappa shape index (κ2) is 8.17. The van der Waals surface area contributed by atoms with Crippen molar-refractivity contribution < 1.29 is 9.90 Å². The first kappa shape index (κ1) is 16.8. The molecule has 2 rings (SSSR count). The molecule has 0 aliphatic carbocycles. The Bertz CT molecular complexity index is 698. The highest BCUT2D eigenvalue weighted by atomic mass is 79.9. The van der Waals surface area contributed by atoms with Crippen molar-refractivity contribution in [2.75, 3.05) is 5.75 Å². The zero-order valence-electron chi connectivity index (χ0n) is 11.2. The molecule has 1 amide bonds. The molecule has 114 valence electrons. The summed E-state index contributed by atoms with van der Waals surface area (Å²) < 4.78 is 0.457. The molecule has 0 radical (unpaired) electrons. The van der Waals surface area contributed by atoms with Gasteiger partial charge in [0.05, 0.1) is 21.5 Å². The first-order valence-corrected chi connectivity index (χ1v) is 8.25. The van der Waals surface area contributed by atoms with Crippen LogP contribution in [0.2, 0.25) is 5.02 Å². The third kappa shape index (κ3) is 5.01. The molecule has 0 saturated heterocycles. The Morgan fingerprint density at radius 3 is 3.05 bits per heavy atom. The molecule has 2 aromatic rings. The smallest absolute Gasteiger partial charge is 0.250 e. The second-order valence-corrected chi connectivity index (χ2v) is 6.36. The molecule has 2 N–H and O–H groups in total. The van der Waals surface area contributed by atoms with E-state index in [4.69, 9.17) is 11.6 Å². The number of rotatable bonds is 5. The van der Waals surface area contributed by atoms with E-state index in [0.29, 0.717) is 15.1 Å². The first-order chi connectivity index (χ1) is 10.6. The zero-order chi connectivity index (χ0) is 15.9. The Labute approximate surface area is 144 Å². The number of phenols is 1. The highest BCUT2D eigenvalue weighted by Crippen LogP contribution is 2.30. The van der Waals surface area contributed by atoms with Crippen LogP contribution in [0.4, 0.5) is 0 Å². The molecule has 1 aromatic heterocycles. The normalized spacial score (nSPS) is 10.8. The largest absolute Gasteiger partial charge is 0.506 e. The standard InChI is InChI=1S/C14H11BrClN3O2S/c15-11-6-10(16)5-9(14(11)21)7-18-19-12(20)8-22-13-3-1-2-4-17-13/h1-7,21H,8H2,(H,19,20)/b18-7+. The molecule has 0 saturated carbocycles. The summed E-state index contributed by atoms with van der Waals surface area (Å²) in [6.45, 7) is 0. The van der Waals surface area contributed by atoms with Crippen molar-refractivity contribution in [1.82, 2.24) is 10.4 Å². The third-order valence-electron chi connectivity index (χ3n) is 2.44. The van der Waals surface area contributed by atoms with E-state index in [2.05, 4.69) is 31.4 Å². The van der Waals surface area contributed by atoms with Gasteiger partial charge in [0.25, 0.3) is 0 Å². The molecule has 1 heterocycles. The Morgan fingerprint density at radius 1 is 1.50 bits per heavy atom. The fourth-order valence-corrected chi connectivity index (χ4v) is 2.95. The minimum absolute atomic E-state index is 0.00487. The number of aromatic hydroxyl groups is 1. The lowest BCUT2D eigenvalue weighted by atomic mass is 10.2. The average molecular weight is 401 g/mol. The van der Waals surface area contributed by atoms with Gasteiger partial charge in [-0.25, -0.2) is 10.4 Å². The highest BCUT2D eigenvalue weighted by molar-refractivity contribution is 9.10. The molecule has 0 fully saturated rings. The van der Waals surface area contributed by atoms with E-state index in [-0.39, 0.29) is 17.4 Å². The fraction of sp³-hybridized carbons (Fsp3) is 0.0714. The van der Waals surface area contributed by atoms with Crippen molar-refractivity contribution in [1.29, 1.82) is 0 Å². The summed E-state index contributed by atoms with van der Waals surface area (Å²) in [6, 6.07) is 8.59. The molecule has 0 spiro atoms. The molecule has 0 aliphatic rings. The predicted octanol–water partition coefficient (Wildman–Crippen LogP) is 3.45. The summed E-state index contributed by atoms with van der Waals surface area (Å²) in [5.74, 6) is -0.0720. The van der Waals surface area contributed by atoms with Gasteiger partial charge in [0, 0.05) is 16.8 Å². The maximum absolute atomic E-state index is 11.7. The Kier molecular flexibility index (Phi) is 6.23. The Balaban J connectivity index is 1.88. The van der Waals surface area contributed by atoms with Crippen molar-refractivity contribution in [3.8, 4) is 5.75 Å². The fourth-order valence-electron chi connectivity index (χ4n) is 1.46. The summed E-state index contributed by atoms with van der Waals surface area (Å²) in [5.41, 5.74) is 2.78. The number of halogens is 2. The second-order valence-electron chi connectivity index (χ2n) is 4.08. The van der Waals surface area contributed by atoms with E-state index in [0.717, 1.165) is 5.03 Å². The number of carbonyl (C=O) groups is 1. The summed E-state index contributed by atoms with van der Waals surface area (Å²) in [5, 5.41) is 14.8. The number of phenolic OH excluding ortho intramolecular Hbond substituents is 1. The van der Waals surface area contributed by atoms with Crippen molar-refractivity contribution in [3.05, 3.63) is 51.6 Å². The summed E-state index contributed by atoms with van der Waals surface area (Å²) in [6.07, 6.45) is 2.99. The van der Waals surface area contributed by atoms with Crippen LogP contribution < -0.4 is 5.43 Å². The van der Waals surface area contributed by atoms with Crippen LogP contribution in [0.1, 0.15) is 5.56 Å². The molecule has 1 aromatic carbocycles. The van der Waals surface area contributed by atoms with E-state index in [9.17, 15) is 9.90 Å². The molecule has 0 bridgehead atoms. The number of carbonyl (C=O) groups excluding carboxylic acids is 1. The maximum Gasteiger partial charge on any atom is 0.250 e. The van der Waals surface area contributed by atoms with E-state index in [1.165, 1.54) is 18.0 Å². The quantitative estimate of drug-likeness (QED) is 0.458. The van der Waals surface area contributed by atoms with Gasteiger partial charge in [-0.3, -0.25) is 4.79 Å². The topological polar surface area (TPSA) is 74.6 Å². The van der Waals surface area contributed by atoms with Crippen LogP contribution in [0.25, 0.3) is 0 Å². The summed E-state index contributed by atoms with van der Waals surface area (Å²) >= 11 is 10.4. The van der Waals surface area contributed by atoms with Crippen LogP contribution in [0, 0.1) is 0 Å². The summed E-state index contributed by atoms with van der Waals surface area (Å²) in [4.78, 5) is 15.8.